The molecule has 0 aromatic heterocycles. The van der Waals surface area contributed by atoms with Crippen molar-refractivity contribution in [3.63, 3.8) is 0 Å². The average Bonchev–Trinajstić information content (AvgIpc) is 2.86. The summed E-state index contributed by atoms with van der Waals surface area (Å²) in [4.78, 5) is 7.95. The molecule has 0 radical (unpaired) electrons. The third-order valence-corrected chi connectivity index (χ3v) is 8.21. The van der Waals surface area contributed by atoms with Crippen LogP contribution in [0.4, 0.5) is 0 Å². The average molecular weight is 568 g/mol. The highest BCUT2D eigenvalue weighted by Gasteiger charge is 2.46. The number of benzene rings is 3. The van der Waals surface area contributed by atoms with Gasteiger partial charge in [0.2, 0.25) is 0 Å². The van der Waals surface area contributed by atoms with Crippen LogP contribution in [0.1, 0.15) is 35.4 Å². The van der Waals surface area contributed by atoms with Crippen LogP contribution in [-0.4, -0.2) is 43.4 Å². The van der Waals surface area contributed by atoms with Gasteiger partial charge in [0.25, 0.3) is 0 Å². The number of hydrogen-bond donors (Lipinski definition) is 0. The number of rotatable bonds is 6. The van der Waals surface area contributed by atoms with E-state index in [1.54, 1.807) is 7.11 Å². The summed E-state index contributed by atoms with van der Waals surface area (Å²) in [6.07, 6.45) is 4.48. The van der Waals surface area contributed by atoms with E-state index in [9.17, 15) is 0 Å². The highest BCUT2D eigenvalue weighted by atomic mass is 79.9. The summed E-state index contributed by atoms with van der Waals surface area (Å²) in [6, 6.07) is 26.4. The highest BCUT2D eigenvalue weighted by Crippen LogP contribution is 2.43. The van der Waals surface area contributed by atoms with Gasteiger partial charge in [0.05, 0.1) is 13.2 Å². The molecule has 3 aromatic carbocycles. The standard InChI is InChI=1S/C28H28Br2N2O/c1-33-25-5-3-2-4-22(25)18-31-27-21-14-16-32(17-15-21)28(27)26(19-6-10-23(29)11-7-19)20-8-12-24(30)13-9-20/h2-13,18,21,26-28H,14-17H2,1H3/t27-,28+/m1/s1. The van der Waals surface area contributed by atoms with E-state index in [0.717, 1.165) is 33.3 Å². The van der Waals surface area contributed by atoms with Gasteiger partial charge in [-0.15, -0.1) is 0 Å². The Morgan fingerprint density at radius 2 is 1.45 bits per heavy atom. The molecule has 3 saturated heterocycles. The molecule has 5 heteroatoms. The summed E-state index contributed by atoms with van der Waals surface area (Å²) >= 11 is 7.23. The molecule has 0 unspecified atom stereocenters. The highest BCUT2D eigenvalue weighted by molar-refractivity contribution is 9.10. The summed E-state index contributed by atoms with van der Waals surface area (Å²) in [5.74, 6) is 1.74. The van der Waals surface area contributed by atoms with E-state index >= 15 is 0 Å². The van der Waals surface area contributed by atoms with Gasteiger partial charge in [-0.05, 0) is 79.4 Å². The van der Waals surface area contributed by atoms with Crippen molar-refractivity contribution >= 4 is 38.1 Å². The van der Waals surface area contributed by atoms with E-state index in [0.29, 0.717) is 12.0 Å². The molecule has 3 aliphatic rings. The largest absolute Gasteiger partial charge is 0.496 e. The molecular formula is C28H28Br2N2O. The summed E-state index contributed by atoms with van der Waals surface area (Å²) in [5, 5.41) is 0. The van der Waals surface area contributed by atoms with E-state index in [4.69, 9.17) is 9.73 Å². The van der Waals surface area contributed by atoms with Crippen LogP contribution in [0.15, 0.2) is 86.7 Å². The van der Waals surface area contributed by atoms with Crippen molar-refractivity contribution in [3.8, 4) is 5.75 Å². The van der Waals surface area contributed by atoms with Crippen LogP contribution in [0.25, 0.3) is 0 Å². The van der Waals surface area contributed by atoms with E-state index in [2.05, 4.69) is 91.4 Å². The number of methoxy groups -OCH3 is 1. The molecule has 0 saturated carbocycles. The van der Waals surface area contributed by atoms with Gasteiger partial charge in [0.15, 0.2) is 0 Å². The number of halogens is 2. The molecule has 6 rings (SSSR count). The van der Waals surface area contributed by atoms with Crippen molar-refractivity contribution in [3.05, 3.63) is 98.4 Å². The molecule has 170 valence electrons. The predicted molar refractivity (Wildman–Crippen MR) is 143 cm³/mol. The van der Waals surface area contributed by atoms with E-state index < -0.39 is 0 Å². The summed E-state index contributed by atoms with van der Waals surface area (Å²) < 4.78 is 7.79. The summed E-state index contributed by atoms with van der Waals surface area (Å²) in [6.45, 7) is 2.30. The van der Waals surface area contributed by atoms with Crippen molar-refractivity contribution in [1.82, 2.24) is 4.90 Å². The van der Waals surface area contributed by atoms with Crippen molar-refractivity contribution in [2.24, 2.45) is 10.9 Å². The van der Waals surface area contributed by atoms with E-state index in [-0.39, 0.29) is 12.0 Å². The van der Waals surface area contributed by atoms with Crippen LogP contribution < -0.4 is 4.74 Å². The first-order valence-corrected chi connectivity index (χ1v) is 13.1. The first-order chi connectivity index (χ1) is 16.1. The van der Waals surface area contributed by atoms with Gasteiger partial charge in [0, 0.05) is 32.7 Å². The zero-order valence-corrected chi connectivity index (χ0v) is 21.9. The lowest BCUT2D eigenvalue weighted by Gasteiger charge is -2.52. The quantitative estimate of drug-likeness (QED) is 0.302. The molecular weight excluding hydrogens is 540 g/mol. The van der Waals surface area contributed by atoms with Crippen LogP contribution in [0.2, 0.25) is 0 Å². The first-order valence-electron chi connectivity index (χ1n) is 11.5. The van der Waals surface area contributed by atoms with Gasteiger partial charge >= 0.3 is 0 Å². The van der Waals surface area contributed by atoms with Gasteiger partial charge in [-0.25, -0.2) is 0 Å². The molecule has 3 aliphatic heterocycles. The van der Waals surface area contributed by atoms with Crippen LogP contribution in [0.5, 0.6) is 5.75 Å². The maximum atomic E-state index is 5.57. The second-order valence-electron chi connectivity index (χ2n) is 8.96. The number of hydrogen-bond acceptors (Lipinski definition) is 3. The molecule has 0 N–H and O–H groups in total. The SMILES string of the molecule is COc1ccccc1C=N[C@@H]1C2CCN(CC2)[C@H]1C(c1ccc(Br)cc1)c1ccc(Br)cc1. The Morgan fingerprint density at radius 1 is 0.879 bits per heavy atom. The van der Waals surface area contributed by atoms with Crippen LogP contribution in [0.3, 0.4) is 0 Å². The van der Waals surface area contributed by atoms with Crippen LogP contribution in [-0.2, 0) is 0 Å². The van der Waals surface area contributed by atoms with Crippen LogP contribution >= 0.6 is 31.9 Å². The fraction of sp³-hybridized carbons (Fsp3) is 0.321. The lowest BCUT2D eigenvalue weighted by atomic mass is 9.71. The minimum atomic E-state index is 0.245. The fourth-order valence-electron chi connectivity index (χ4n) is 5.54. The molecule has 2 atom stereocenters. The fourth-order valence-corrected chi connectivity index (χ4v) is 6.07. The maximum Gasteiger partial charge on any atom is 0.127 e. The number of fused-ring (bicyclic) bond motifs is 3. The Bertz CT molecular complexity index is 1060. The Balaban J connectivity index is 1.57. The molecule has 0 aliphatic carbocycles. The molecule has 3 fully saturated rings. The van der Waals surface area contributed by atoms with Crippen molar-refractivity contribution in [2.45, 2.75) is 30.8 Å². The molecule has 3 nitrogen and oxygen atoms in total. The lowest BCUT2D eigenvalue weighted by Crippen LogP contribution is -2.59. The zero-order valence-electron chi connectivity index (χ0n) is 18.7. The van der Waals surface area contributed by atoms with Crippen molar-refractivity contribution in [2.75, 3.05) is 20.2 Å². The van der Waals surface area contributed by atoms with Crippen molar-refractivity contribution < 1.29 is 4.74 Å². The number of para-hydroxylation sites is 1. The molecule has 0 spiro atoms. The maximum absolute atomic E-state index is 5.57. The van der Waals surface area contributed by atoms with Gasteiger partial charge in [-0.2, -0.15) is 0 Å². The Hall–Kier alpha value is -1.95. The third kappa shape index (κ3) is 4.82. The zero-order chi connectivity index (χ0) is 22.8. The lowest BCUT2D eigenvalue weighted by molar-refractivity contribution is 0.0215. The van der Waals surface area contributed by atoms with Gasteiger partial charge < -0.3 is 4.74 Å². The predicted octanol–water partition coefficient (Wildman–Crippen LogP) is 6.93. The monoisotopic (exact) mass is 566 g/mol. The number of piperidine rings is 3. The number of aliphatic imine (C=N–C) groups is 1. The van der Waals surface area contributed by atoms with Crippen LogP contribution in [0, 0.1) is 5.92 Å². The second kappa shape index (κ2) is 10.1. The molecule has 0 amide bonds. The number of nitrogens with zero attached hydrogens (tertiary/aromatic N) is 2. The minimum absolute atomic E-state index is 0.245. The molecule has 3 heterocycles. The Labute approximate surface area is 213 Å². The Morgan fingerprint density at radius 3 is 2.03 bits per heavy atom. The Kier molecular flexibility index (Phi) is 7.00. The molecule has 2 bridgehead atoms. The smallest absolute Gasteiger partial charge is 0.127 e. The first kappa shape index (κ1) is 22.8. The van der Waals surface area contributed by atoms with Crippen molar-refractivity contribution in [1.29, 1.82) is 0 Å². The van der Waals surface area contributed by atoms with E-state index in [1.807, 2.05) is 24.4 Å². The summed E-state index contributed by atoms with van der Waals surface area (Å²) in [7, 11) is 1.72. The third-order valence-electron chi connectivity index (χ3n) is 7.15. The van der Waals surface area contributed by atoms with Gasteiger partial charge in [-0.1, -0.05) is 68.3 Å². The van der Waals surface area contributed by atoms with Gasteiger partial charge in [-0.3, -0.25) is 9.89 Å². The second-order valence-corrected chi connectivity index (χ2v) is 10.8. The van der Waals surface area contributed by atoms with E-state index in [1.165, 1.54) is 24.0 Å². The molecule has 33 heavy (non-hydrogen) atoms. The number of ether oxygens (including phenoxy) is 1. The molecule has 3 aromatic rings. The normalized spacial score (nSPS) is 24.5. The topological polar surface area (TPSA) is 24.8 Å². The minimum Gasteiger partial charge on any atom is -0.496 e. The summed E-state index contributed by atoms with van der Waals surface area (Å²) in [5.41, 5.74) is 3.73. The van der Waals surface area contributed by atoms with Gasteiger partial charge in [0.1, 0.15) is 5.75 Å².